The highest BCUT2D eigenvalue weighted by Crippen LogP contribution is 2.44. The summed E-state index contributed by atoms with van der Waals surface area (Å²) in [4.78, 5) is 0. The molecule has 2 aliphatic carbocycles. The summed E-state index contributed by atoms with van der Waals surface area (Å²) in [6.45, 7) is 2.38. The number of halogens is 2. The summed E-state index contributed by atoms with van der Waals surface area (Å²) in [5.41, 5.74) is 2.21. The van der Waals surface area contributed by atoms with Crippen LogP contribution in [-0.2, 0) is 0 Å². The van der Waals surface area contributed by atoms with E-state index in [1.165, 1.54) is 63.5 Å². The van der Waals surface area contributed by atoms with Crippen LogP contribution in [-0.4, -0.2) is 0 Å². The highest BCUT2D eigenvalue weighted by molar-refractivity contribution is 5.64. The number of benzene rings is 2. The molecule has 2 heteroatoms. The maximum Gasteiger partial charge on any atom is 0.131 e. The second kappa shape index (κ2) is 8.12. The average Bonchev–Trinajstić information content (AvgIpc) is 2.69. The van der Waals surface area contributed by atoms with E-state index in [0.29, 0.717) is 17.0 Å². The Morgan fingerprint density at radius 3 is 2.04 bits per heavy atom. The minimum Gasteiger partial charge on any atom is -0.207 e. The molecule has 0 amide bonds. The molecule has 2 aromatic rings. The lowest BCUT2D eigenvalue weighted by Gasteiger charge is -2.37. The third-order valence-corrected chi connectivity index (χ3v) is 7.10. The summed E-state index contributed by atoms with van der Waals surface area (Å²) in [5.74, 6) is 2.63. The Morgan fingerprint density at radius 1 is 0.741 bits per heavy atom. The molecular formula is C25H30F2. The molecule has 0 bridgehead atoms. The van der Waals surface area contributed by atoms with Crippen molar-refractivity contribution in [1.29, 1.82) is 0 Å². The van der Waals surface area contributed by atoms with Gasteiger partial charge in [0.1, 0.15) is 11.6 Å². The molecule has 0 spiro atoms. The van der Waals surface area contributed by atoms with Gasteiger partial charge in [0, 0.05) is 5.56 Å². The van der Waals surface area contributed by atoms with Crippen molar-refractivity contribution in [2.75, 3.05) is 0 Å². The second-order valence-corrected chi connectivity index (χ2v) is 8.88. The zero-order valence-electron chi connectivity index (χ0n) is 16.3. The van der Waals surface area contributed by atoms with Gasteiger partial charge in [0.25, 0.3) is 0 Å². The fraction of sp³-hybridized carbons (Fsp3) is 0.520. The van der Waals surface area contributed by atoms with Crippen LogP contribution in [0.25, 0.3) is 11.1 Å². The second-order valence-electron chi connectivity index (χ2n) is 8.88. The smallest absolute Gasteiger partial charge is 0.131 e. The van der Waals surface area contributed by atoms with E-state index in [2.05, 4.69) is 13.0 Å². The summed E-state index contributed by atoms with van der Waals surface area (Å²) >= 11 is 0. The minimum atomic E-state index is -0.327. The monoisotopic (exact) mass is 368 g/mol. The molecule has 0 heterocycles. The summed E-state index contributed by atoms with van der Waals surface area (Å²) in [6, 6.07) is 11.7. The zero-order chi connectivity index (χ0) is 18.8. The van der Waals surface area contributed by atoms with Crippen molar-refractivity contribution in [3.8, 4) is 11.1 Å². The van der Waals surface area contributed by atoms with Crippen LogP contribution in [0.15, 0.2) is 42.5 Å². The van der Waals surface area contributed by atoms with Crippen LogP contribution in [0.2, 0.25) is 0 Å². The van der Waals surface area contributed by atoms with Gasteiger partial charge in [0.05, 0.1) is 0 Å². The van der Waals surface area contributed by atoms with Crippen LogP contribution in [0.3, 0.4) is 0 Å². The van der Waals surface area contributed by atoms with Crippen molar-refractivity contribution < 1.29 is 8.78 Å². The Bertz CT molecular complexity index is 766. The van der Waals surface area contributed by atoms with E-state index in [1.807, 2.05) is 6.07 Å². The maximum absolute atomic E-state index is 14.7. The normalized spacial score (nSPS) is 28.9. The molecule has 2 saturated carbocycles. The van der Waals surface area contributed by atoms with Crippen molar-refractivity contribution in [3.63, 3.8) is 0 Å². The molecule has 2 fully saturated rings. The standard InChI is InChI=1S/C25H30F2/c1-17-5-7-18(8-6-17)19-9-11-20(12-10-19)21-13-14-24(25(27)16-21)22-3-2-4-23(26)15-22/h2-4,13-20H,5-12H2,1H3. The van der Waals surface area contributed by atoms with Crippen LogP contribution in [0.1, 0.15) is 69.8 Å². The topological polar surface area (TPSA) is 0 Å². The largest absolute Gasteiger partial charge is 0.207 e. The summed E-state index contributed by atoms with van der Waals surface area (Å²) in [5, 5.41) is 0. The maximum atomic E-state index is 14.7. The van der Waals surface area contributed by atoms with Gasteiger partial charge >= 0.3 is 0 Å². The highest BCUT2D eigenvalue weighted by Gasteiger charge is 2.30. The van der Waals surface area contributed by atoms with Crippen molar-refractivity contribution in [2.24, 2.45) is 17.8 Å². The molecular weight excluding hydrogens is 338 g/mol. The molecule has 144 valence electrons. The van der Waals surface area contributed by atoms with Gasteiger partial charge in [-0.2, -0.15) is 0 Å². The Kier molecular flexibility index (Phi) is 5.61. The molecule has 0 saturated heterocycles. The molecule has 2 aliphatic rings. The van der Waals surface area contributed by atoms with E-state index in [9.17, 15) is 8.78 Å². The van der Waals surface area contributed by atoms with E-state index in [0.717, 1.165) is 23.3 Å². The quantitative estimate of drug-likeness (QED) is 0.520. The van der Waals surface area contributed by atoms with E-state index in [-0.39, 0.29) is 11.6 Å². The van der Waals surface area contributed by atoms with E-state index in [4.69, 9.17) is 0 Å². The van der Waals surface area contributed by atoms with Crippen LogP contribution < -0.4 is 0 Å². The number of hydrogen-bond acceptors (Lipinski definition) is 0. The molecule has 0 atom stereocenters. The average molecular weight is 369 g/mol. The van der Waals surface area contributed by atoms with E-state index >= 15 is 0 Å². The van der Waals surface area contributed by atoms with Gasteiger partial charge in [-0.25, -0.2) is 8.78 Å². The Balaban J connectivity index is 1.41. The first-order valence-electron chi connectivity index (χ1n) is 10.7. The van der Waals surface area contributed by atoms with Gasteiger partial charge in [0.2, 0.25) is 0 Å². The van der Waals surface area contributed by atoms with E-state index in [1.54, 1.807) is 18.2 Å². The predicted molar refractivity (Wildman–Crippen MR) is 108 cm³/mol. The summed E-state index contributed by atoms with van der Waals surface area (Å²) < 4.78 is 28.1. The molecule has 2 aromatic carbocycles. The van der Waals surface area contributed by atoms with Gasteiger partial charge < -0.3 is 0 Å². The lowest BCUT2D eigenvalue weighted by Crippen LogP contribution is -2.24. The van der Waals surface area contributed by atoms with Crippen molar-refractivity contribution >= 4 is 0 Å². The van der Waals surface area contributed by atoms with Gasteiger partial charge in [0.15, 0.2) is 0 Å². The third-order valence-electron chi connectivity index (χ3n) is 7.10. The SMILES string of the molecule is CC1CCC(C2CCC(c3ccc(-c4cccc(F)c4)c(F)c3)CC2)CC1. The fourth-order valence-corrected chi connectivity index (χ4v) is 5.36. The van der Waals surface area contributed by atoms with Crippen molar-refractivity contribution in [1.82, 2.24) is 0 Å². The first kappa shape index (κ1) is 18.7. The molecule has 0 unspecified atom stereocenters. The summed E-state index contributed by atoms with van der Waals surface area (Å²) in [6.07, 6.45) is 10.6. The Morgan fingerprint density at radius 2 is 1.41 bits per heavy atom. The van der Waals surface area contributed by atoms with Crippen LogP contribution in [0.4, 0.5) is 8.78 Å². The molecule has 27 heavy (non-hydrogen) atoms. The fourth-order valence-electron chi connectivity index (χ4n) is 5.36. The molecule has 0 N–H and O–H groups in total. The van der Waals surface area contributed by atoms with Crippen molar-refractivity contribution in [3.05, 3.63) is 59.7 Å². The van der Waals surface area contributed by atoms with Crippen LogP contribution in [0.5, 0.6) is 0 Å². The molecule has 0 nitrogen and oxygen atoms in total. The third kappa shape index (κ3) is 4.25. The van der Waals surface area contributed by atoms with Gasteiger partial charge in [-0.15, -0.1) is 0 Å². The Labute approximate surface area is 162 Å². The molecule has 4 rings (SSSR count). The lowest BCUT2D eigenvalue weighted by atomic mass is 9.68. The molecule has 0 radical (unpaired) electrons. The van der Waals surface area contributed by atoms with Crippen molar-refractivity contribution in [2.45, 2.75) is 64.2 Å². The van der Waals surface area contributed by atoms with Crippen LogP contribution in [0, 0.1) is 29.4 Å². The van der Waals surface area contributed by atoms with Gasteiger partial charge in [-0.1, -0.05) is 44.0 Å². The highest BCUT2D eigenvalue weighted by atomic mass is 19.1. The predicted octanol–water partition coefficient (Wildman–Crippen LogP) is 7.73. The molecule has 0 aromatic heterocycles. The number of hydrogen-bond donors (Lipinski definition) is 0. The summed E-state index contributed by atoms with van der Waals surface area (Å²) in [7, 11) is 0. The number of rotatable bonds is 3. The lowest BCUT2D eigenvalue weighted by molar-refractivity contribution is 0.165. The first-order chi connectivity index (χ1) is 13.1. The molecule has 0 aliphatic heterocycles. The Hall–Kier alpha value is -1.70. The van der Waals surface area contributed by atoms with E-state index < -0.39 is 0 Å². The van der Waals surface area contributed by atoms with Gasteiger partial charge in [-0.05, 0) is 91.5 Å². The zero-order valence-corrected chi connectivity index (χ0v) is 16.3. The minimum absolute atomic E-state index is 0.235. The van der Waals surface area contributed by atoms with Crippen LogP contribution >= 0.6 is 0 Å². The first-order valence-corrected chi connectivity index (χ1v) is 10.7. The van der Waals surface area contributed by atoms with Gasteiger partial charge in [-0.3, -0.25) is 0 Å².